The lowest BCUT2D eigenvalue weighted by molar-refractivity contribution is -0.130. The predicted octanol–water partition coefficient (Wildman–Crippen LogP) is 2.56. The average molecular weight is 359 g/mol. The van der Waals surface area contributed by atoms with Gasteiger partial charge in [0.15, 0.2) is 0 Å². The van der Waals surface area contributed by atoms with Crippen LogP contribution in [0.25, 0.3) is 11.0 Å². The standard InChI is InChI=1S/C19H22N4O.ClH/c20-9-12-23(11-8-15-5-2-1-3-6-15)18(24)13-16-14-22-19-17(16)7-4-10-21-19;/h1-7,10,14H,8-9,11-13,20H2,(H,21,22);1H. The Morgan fingerprint density at radius 2 is 1.92 bits per heavy atom. The van der Waals surface area contributed by atoms with Gasteiger partial charge in [0.2, 0.25) is 5.91 Å². The summed E-state index contributed by atoms with van der Waals surface area (Å²) in [5, 5.41) is 1.00. The highest BCUT2D eigenvalue weighted by atomic mass is 35.5. The van der Waals surface area contributed by atoms with E-state index in [0.717, 1.165) is 23.0 Å². The van der Waals surface area contributed by atoms with Gasteiger partial charge in [0.1, 0.15) is 5.65 Å². The third-order valence-electron chi connectivity index (χ3n) is 4.14. The topological polar surface area (TPSA) is 75.0 Å². The molecule has 0 atom stereocenters. The first-order chi connectivity index (χ1) is 11.8. The second-order valence-corrected chi connectivity index (χ2v) is 5.80. The van der Waals surface area contributed by atoms with Gasteiger partial charge in [0.05, 0.1) is 6.42 Å². The quantitative estimate of drug-likeness (QED) is 0.681. The summed E-state index contributed by atoms with van der Waals surface area (Å²) in [6.45, 7) is 1.73. The van der Waals surface area contributed by atoms with Crippen LogP contribution in [0.1, 0.15) is 11.1 Å². The Morgan fingerprint density at radius 1 is 1.12 bits per heavy atom. The van der Waals surface area contributed by atoms with E-state index in [1.165, 1.54) is 5.56 Å². The number of rotatable bonds is 7. The van der Waals surface area contributed by atoms with Gasteiger partial charge in [-0.3, -0.25) is 4.79 Å². The number of amides is 1. The number of H-pyrrole nitrogens is 1. The van der Waals surface area contributed by atoms with Crippen LogP contribution in [0.2, 0.25) is 0 Å². The molecule has 0 aliphatic heterocycles. The fraction of sp³-hybridized carbons (Fsp3) is 0.263. The van der Waals surface area contributed by atoms with Crippen LogP contribution < -0.4 is 5.73 Å². The molecule has 0 saturated carbocycles. The SMILES string of the molecule is Cl.NCCN(CCc1ccccc1)C(=O)Cc1c[nH]c2ncccc12. The normalized spacial score (nSPS) is 10.4. The Kier molecular flexibility index (Phi) is 6.98. The summed E-state index contributed by atoms with van der Waals surface area (Å²) < 4.78 is 0. The fourth-order valence-corrected chi connectivity index (χ4v) is 2.86. The van der Waals surface area contributed by atoms with Crippen molar-refractivity contribution in [3.8, 4) is 0 Å². The number of pyridine rings is 1. The molecule has 0 aliphatic carbocycles. The number of halogens is 1. The molecule has 3 rings (SSSR count). The Bertz CT molecular complexity index is 803. The monoisotopic (exact) mass is 358 g/mol. The van der Waals surface area contributed by atoms with E-state index in [1.807, 2.05) is 41.4 Å². The molecule has 0 radical (unpaired) electrons. The zero-order chi connectivity index (χ0) is 16.8. The second kappa shape index (κ2) is 9.20. The van der Waals surface area contributed by atoms with E-state index in [1.54, 1.807) is 6.20 Å². The van der Waals surface area contributed by atoms with Crippen molar-refractivity contribution in [3.63, 3.8) is 0 Å². The maximum absolute atomic E-state index is 12.7. The van der Waals surface area contributed by atoms with Crippen LogP contribution >= 0.6 is 12.4 Å². The maximum Gasteiger partial charge on any atom is 0.227 e. The molecule has 132 valence electrons. The van der Waals surface area contributed by atoms with Crippen LogP contribution in [-0.4, -0.2) is 40.4 Å². The number of carbonyl (C=O) groups is 1. The number of nitrogens with one attached hydrogen (secondary N) is 1. The summed E-state index contributed by atoms with van der Waals surface area (Å²) in [6.07, 6.45) is 4.81. The first kappa shape index (κ1) is 19.0. The molecular weight excluding hydrogens is 336 g/mol. The number of hydrogen-bond acceptors (Lipinski definition) is 3. The zero-order valence-corrected chi connectivity index (χ0v) is 14.8. The zero-order valence-electron chi connectivity index (χ0n) is 14.0. The molecule has 0 saturated heterocycles. The van der Waals surface area contributed by atoms with Gasteiger partial charge in [0, 0.05) is 37.4 Å². The number of benzene rings is 1. The van der Waals surface area contributed by atoms with E-state index in [-0.39, 0.29) is 18.3 Å². The first-order valence-electron chi connectivity index (χ1n) is 8.20. The Labute approximate surface area is 153 Å². The summed E-state index contributed by atoms with van der Waals surface area (Å²) in [6, 6.07) is 14.1. The fourth-order valence-electron chi connectivity index (χ4n) is 2.86. The molecule has 0 bridgehead atoms. The van der Waals surface area contributed by atoms with Crippen LogP contribution in [-0.2, 0) is 17.6 Å². The average Bonchev–Trinajstić information content (AvgIpc) is 3.02. The summed E-state index contributed by atoms with van der Waals surface area (Å²) in [5.74, 6) is 0.0983. The van der Waals surface area contributed by atoms with Crippen LogP contribution in [0.4, 0.5) is 0 Å². The van der Waals surface area contributed by atoms with Gasteiger partial charge >= 0.3 is 0 Å². The van der Waals surface area contributed by atoms with Gasteiger partial charge in [-0.25, -0.2) is 4.98 Å². The minimum absolute atomic E-state index is 0. The van der Waals surface area contributed by atoms with Crippen molar-refractivity contribution < 1.29 is 4.79 Å². The number of fused-ring (bicyclic) bond motifs is 1. The molecule has 3 N–H and O–H groups in total. The Morgan fingerprint density at radius 3 is 2.68 bits per heavy atom. The van der Waals surface area contributed by atoms with Crippen LogP contribution in [0, 0.1) is 0 Å². The molecular formula is C19H23ClN4O. The third-order valence-corrected chi connectivity index (χ3v) is 4.14. The number of aromatic nitrogens is 2. The molecule has 0 unspecified atom stereocenters. The van der Waals surface area contributed by atoms with Gasteiger partial charge in [-0.15, -0.1) is 12.4 Å². The van der Waals surface area contributed by atoms with Crippen molar-refractivity contribution in [3.05, 3.63) is 66.0 Å². The molecule has 25 heavy (non-hydrogen) atoms. The van der Waals surface area contributed by atoms with E-state index >= 15 is 0 Å². The van der Waals surface area contributed by atoms with Crippen molar-refractivity contribution in [2.45, 2.75) is 12.8 Å². The van der Waals surface area contributed by atoms with Crippen molar-refractivity contribution in [2.75, 3.05) is 19.6 Å². The molecule has 0 spiro atoms. The summed E-state index contributed by atoms with van der Waals surface area (Å²) in [4.78, 5) is 21.9. The lowest BCUT2D eigenvalue weighted by Gasteiger charge is -2.22. The van der Waals surface area contributed by atoms with E-state index < -0.39 is 0 Å². The number of aromatic amines is 1. The molecule has 5 nitrogen and oxygen atoms in total. The molecule has 0 fully saturated rings. The molecule has 2 aromatic heterocycles. The molecule has 6 heteroatoms. The van der Waals surface area contributed by atoms with Crippen LogP contribution in [0.15, 0.2) is 54.9 Å². The van der Waals surface area contributed by atoms with Crippen LogP contribution in [0.3, 0.4) is 0 Å². The van der Waals surface area contributed by atoms with Crippen molar-refractivity contribution in [1.82, 2.24) is 14.9 Å². The number of carbonyl (C=O) groups excluding carboxylic acids is 1. The van der Waals surface area contributed by atoms with Gasteiger partial charge in [-0.2, -0.15) is 0 Å². The van der Waals surface area contributed by atoms with Gasteiger partial charge < -0.3 is 15.6 Å². The molecule has 1 aromatic carbocycles. The van der Waals surface area contributed by atoms with E-state index in [2.05, 4.69) is 22.1 Å². The summed E-state index contributed by atoms with van der Waals surface area (Å²) in [5.41, 5.74) is 8.71. The lowest BCUT2D eigenvalue weighted by atomic mass is 10.1. The molecule has 3 aromatic rings. The summed E-state index contributed by atoms with van der Waals surface area (Å²) >= 11 is 0. The van der Waals surface area contributed by atoms with E-state index in [0.29, 0.717) is 26.1 Å². The summed E-state index contributed by atoms with van der Waals surface area (Å²) in [7, 11) is 0. The molecule has 0 aliphatic rings. The first-order valence-corrected chi connectivity index (χ1v) is 8.20. The number of nitrogens with zero attached hydrogens (tertiary/aromatic N) is 2. The van der Waals surface area contributed by atoms with Crippen molar-refractivity contribution >= 4 is 29.3 Å². The highest BCUT2D eigenvalue weighted by Crippen LogP contribution is 2.17. The van der Waals surface area contributed by atoms with Gasteiger partial charge in [-0.1, -0.05) is 30.3 Å². The van der Waals surface area contributed by atoms with E-state index in [9.17, 15) is 4.79 Å². The van der Waals surface area contributed by atoms with Crippen molar-refractivity contribution in [1.29, 1.82) is 0 Å². The highest BCUT2D eigenvalue weighted by Gasteiger charge is 2.15. The maximum atomic E-state index is 12.7. The highest BCUT2D eigenvalue weighted by molar-refractivity contribution is 5.87. The minimum atomic E-state index is 0. The minimum Gasteiger partial charge on any atom is -0.346 e. The van der Waals surface area contributed by atoms with Gasteiger partial charge in [-0.05, 0) is 29.7 Å². The predicted molar refractivity (Wildman–Crippen MR) is 103 cm³/mol. The Hall–Kier alpha value is -2.37. The third kappa shape index (κ3) is 4.81. The second-order valence-electron chi connectivity index (χ2n) is 5.80. The van der Waals surface area contributed by atoms with Gasteiger partial charge in [0.25, 0.3) is 0 Å². The van der Waals surface area contributed by atoms with Crippen molar-refractivity contribution in [2.24, 2.45) is 5.73 Å². The van der Waals surface area contributed by atoms with Crippen LogP contribution in [0.5, 0.6) is 0 Å². The van der Waals surface area contributed by atoms with E-state index in [4.69, 9.17) is 5.73 Å². The largest absolute Gasteiger partial charge is 0.346 e. The lowest BCUT2D eigenvalue weighted by Crippen LogP contribution is -2.37. The molecule has 2 heterocycles. The number of nitrogens with two attached hydrogens (primary N) is 1. The number of hydrogen-bond donors (Lipinski definition) is 2. The Balaban J connectivity index is 0.00000225. The molecule has 1 amide bonds. The smallest absolute Gasteiger partial charge is 0.227 e.